The lowest BCUT2D eigenvalue weighted by atomic mass is 10.1. The van der Waals surface area contributed by atoms with E-state index < -0.39 is 0 Å². The van der Waals surface area contributed by atoms with E-state index in [2.05, 4.69) is 20.8 Å². The topological polar surface area (TPSA) is 26.0 Å². The van der Waals surface area contributed by atoms with Crippen LogP contribution in [0.3, 0.4) is 0 Å². The summed E-state index contributed by atoms with van der Waals surface area (Å²) in [6.45, 7) is 6.63. The maximum Gasteiger partial charge on any atom is 0.0481 e. The molecule has 0 rings (SSSR count). The molecule has 14 heavy (non-hydrogen) atoms. The van der Waals surface area contributed by atoms with Gasteiger partial charge in [0, 0.05) is 10.6 Å². The van der Waals surface area contributed by atoms with Crippen molar-refractivity contribution in [1.82, 2.24) is 0 Å². The Balaban J connectivity index is 3.10. The zero-order valence-corrected chi connectivity index (χ0v) is 10.9. The van der Waals surface area contributed by atoms with Crippen molar-refractivity contribution in [2.45, 2.75) is 76.3 Å². The van der Waals surface area contributed by atoms with E-state index >= 15 is 0 Å². The van der Waals surface area contributed by atoms with Crippen LogP contribution < -0.4 is 5.73 Å². The first-order chi connectivity index (χ1) is 6.66. The van der Waals surface area contributed by atoms with Gasteiger partial charge in [-0.3, -0.25) is 0 Å². The van der Waals surface area contributed by atoms with Crippen molar-refractivity contribution in [2.75, 3.05) is 0 Å². The molecule has 0 aliphatic heterocycles. The van der Waals surface area contributed by atoms with E-state index in [1.165, 1.54) is 44.9 Å². The van der Waals surface area contributed by atoms with Crippen LogP contribution in [0.25, 0.3) is 0 Å². The third-order valence-corrected chi connectivity index (χ3v) is 3.54. The Labute approximate surface area is 94.2 Å². The van der Waals surface area contributed by atoms with Crippen molar-refractivity contribution >= 4 is 11.8 Å². The zero-order valence-electron chi connectivity index (χ0n) is 10.1. The Morgan fingerprint density at radius 2 is 1.57 bits per heavy atom. The highest BCUT2D eigenvalue weighted by molar-refractivity contribution is 8.00. The van der Waals surface area contributed by atoms with E-state index in [0.29, 0.717) is 5.37 Å². The minimum atomic E-state index is 0.296. The van der Waals surface area contributed by atoms with Crippen LogP contribution in [-0.4, -0.2) is 10.6 Å². The first-order valence-electron chi connectivity index (χ1n) is 6.07. The Morgan fingerprint density at radius 1 is 1.00 bits per heavy atom. The maximum atomic E-state index is 5.73. The second-order valence-corrected chi connectivity index (χ2v) is 6.03. The van der Waals surface area contributed by atoms with Crippen LogP contribution in [0.15, 0.2) is 0 Å². The highest BCUT2D eigenvalue weighted by Gasteiger charge is 2.04. The molecule has 2 N–H and O–H groups in total. The molecule has 0 heterocycles. The molecule has 0 aromatic rings. The third-order valence-electron chi connectivity index (χ3n) is 2.41. The van der Waals surface area contributed by atoms with Crippen molar-refractivity contribution in [1.29, 1.82) is 0 Å². The van der Waals surface area contributed by atoms with E-state index in [1.807, 2.05) is 11.8 Å². The van der Waals surface area contributed by atoms with E-state index in [9.17, 15) is 0 Å². The van der Waals surface area contributed by atoms with Gasteiger partial charge in [0.05, 0.1) is 0 Å². The Kier molecular flexibility index (Phi) is 10.1. The minimum Gasteiger partial charge on any atom is -0.320 e. The van der Waals surface area contributed by atoms with Gasteiger partial charge in [-0.05, 0) is 13.3 Å². The van der Waals surface area contributed by atoms with Gasteiger partial charge < -0.3 is 5.73 Å². The second-order valence-electron chi connectivity index (χ2n) is 4.21. The summed E-state index contributed by atoms with van der Waals surface area (Å²) in [6, 6.07) is 0. The van der Waals surface area contributed by atoms with Crippen molar-refractivity contribution in [2.24, 2.45) is 5.73 Å². The second kappa shape index (κ2) is 9.85. The predicted molar refractivity (Wildman–Crippen MR) is 68.7 cm³/mol. The van der Waals surface area contributed by atoms with Crippen LogP contribution in [0.2, 0.25) is 0 Å². The molecule has 86 valence electrons. The summed E-state index contributed by atoms with van der Waals surface area (Å²) in [4.78, 5) is 0. The summed E-state index contributed by atoms with van der Waals surface area (Å²) in [7, 11) is 0. The van der Waals surface area contributed by atoms with E-state index in [-0.39, 0.29) is 0 Å². The van der Waals surface area contributed by atoms with Crippen molar-refractivity contribution in [3.63, 3.8) is 0 Å². The van der Waals surface area contributed by atoms with Gasteiger partial charge in [0.2, 0.25) is 0 Å². The quantitative estimate of drug-likeness (QED) is 0.463. The number of thioether (sulfide) groups is 1. The molecule has 0 aliphatic rings. The summed E-state index contributed by atoms with van der Waals surface area (Å²) in [5.74, 6) is 0. The van der Waals surface area contributed by atoms with Gasteiger partial charge in [-0.25, -0.2) is 0 Å². The van der Waals surface area contributed by atoms with Crippen molar-refractivity contribution < 1.29 is 0 Å². The number of hydrogen-bond acceptors (Lipinski definition) is 2. The molecule has 0 aliphatic carbocycles. The zero-order chi connectivity index (χ0) is 10.8. The van der Waals surface area contributed by atoms with Crippen LogP contribution >= 0.6 is 11.8 Å². The summed E-state index contributed by atoms with van der Waals surface area (Å²) in [6.07, 6.45) is 9.71. The maximum absolute atomic E-state index is 5.73. The molecule has 0 bridgehead atoms. The summed E-state index contributed by atoms with van der Waals surface area (Å²) >= 11 is 1.90. The van der Waals surface area contributed by atoms with E-state index in [4.69, 9.17) is 5.73 Å². The number of rotatable bonds is 9. The highest BCUT2D eigenvalue weighted by Crippen LogP contribution is 2.19. The van der Waals surface area contributed by atoms with Crippen molar-refractivity contribution in [3.05, 3.63) is 0 Å². The normalized spacial score (nSPS) is 15.4. The van der Waals surface area contributed by atoms with Crippen LogP contribution in [0.1, 0.15) is 65.7 Å². The van der Waals surface area contributed by atoms with E-state index in [0.717, 1.165) is 5.25 Å². The average molecular weight is 217 g/mol. The number of unbranched alkanes of at least 4 members (excludes halogenated alkanes) is 5. The molecule has 1 nitrogen and oxygen atoms in total. The van der Waals surface area contributed by atoms with Gasteiger partial charge in [0.1, 0.15) is 0 Å². The predicted octanol–water partition coefficient (Wildman–Crippen LogP) is 4.16. The molecule has 0 aromatic heterocycles. The molecule has 0 aromatic carbocycles. The van der Waals surface area contributed by atoms with Gasteiger partial charge in [-0.15, -0.1) is 11.8 Å². The smallest absolute Gasteiger partial charge is 0.0481 e. The lowest BCUT2D eigenvalue weighted by molar-refractivity contribution is 0.588. The molecule has 2 unspecified atom stereocenters. The SMILES string of the molecule is CCCCCCCCC(C)SC(C)N. The molecular weight excluding hydrogens is 190 g/mol. The fourth-order valence-electron chi connectivity index (χ4n) is 1.65. The lowest BCUT2D eigenvalue weighted by Crippen LogP contribution is -2.14. The van der Waals surface area contributed by atoms with Crippen LogP contribution in [0.5, 0.6) is 0 Å². The molecule has 2 atom stereocenters. The highest BCUT2D eigenvalue weighted by atomic mass is 32.2. The van der Waals surface area contributed by atoms with Gasteiger partial charge in [0.15, 0.2) is 0 Å². The molecule has 2 heteroatoms. The van der Waals surface area contributed by atoms with Gasteiger partial charge in [-0.1, -0.05) is 52.4 Å². The molecular formula is C12H27NS. The number of hydrogen-bond donors (Lipinski definition) is 1. The van der Waals surface area contributed by atoms with E-state index in [1.54, 1.807) is 0 Å². The fraction of sp³-hybridized carbons (Fsp3) is 1.00. The van der Waals surface area contributed by atoms with Gasteiger partial charge >= 0.3 is 0 Å². The minimum absolute atomic E-state index is 0.296. The molecule has 0 saturated carbocycles. The fourth-order valence-corrected chi connectivity index (χ4v) is 2.68. The molecule has 0 saturated heterocycles. The summed E-state index contributed by atoms with van der Waals surface area (Å²) in [5.41, 5.74) is 5.73. The van der Waals surface area contributed by atoms with Gasteiger partial charge in [-0.2, -0.15) is 0 Å². The standard InChI is InChI=1S/C12H27NS/c1-4-5-6-7-8-9-10-11(2)14-12(3)13/h11-12H,4-10,13H2,1-3H3. The molecule has 0 fully saturated rings. The molecule has 0 radical (unpaired) electrons. The third kappa shape index (κ3) is 10.4. The first-order valence-corrected chi connectivity index (χ1v) is 7.02. The Morgan fingerprint density at radius 3 is 2.14 bits per heavy atom. The van der Waals surface area contributed by atoms with Crippen LogP contribution in [0, 0.1) is 0 Å². The summed E-state index contributed by atoms with van der Waals surface area (Å²) in [5, 5.41) is 1.03. The monoisotopic (exact) mass is 217 g/mol. The Bertz CT molecular complexity index is 115. The first kappa shape index (κ1) is 14.3. The molecule has 0 amide bonds. The average Bonchev–Trinajstić information content (AvgIpc) is 2.10. The number of nitrogens with two attached hydrogens (primary N) is 1. The van der Waals surface area contributed by atoms with Crippen LogP contribution in [0.4, 0.5) is 0 Å². The molecule has 0 spiro atoms. The largest absolute Gasteiger partial charge is 0.320 e. The lowest BCUT2D eigenvalue weighted by Gasteiger charge is -2.13. The van der Waals surface area contributed by atoms with Crippen LogP contribution in [-0.2, 0) is 0 Å². The van der Waals surface area contributed by atoms with Crippen molar-refractivity contribution in [3.8, 4) is 0 Å². The van der Waals surface area contributed by atoms with Gasteiger partial charge in [0.25, 0.3) is 0 Å². The Hall–Kier alpha value is 0.310. The summed E-state index contributed by atoms with van der Waals surface area (Å²) < 4.78 is 0.